The molecule has 1 fully saturated rings. The van der Waals surface area contributed by atoms with Crippen molar-refractivity contribution in [2.75, 3.05) is 26.2 Å². The van der Waals surface area contributed by atoms with Crippen LogP contribution >= 0.6 is 11.3 Å². The van der Waals surface area contributed by atoms with Gasteiger partial charge in [0.1, 0.15) is 12.4 Å². The van der Waals surface area contributed by atoms with E-state index in [4.69, 9.17) is 4.74 Å². The van der Waals surface area contributed by atoms with E-state index in [-0.39, 0.29) is 6.03 Å². The first-order valence-electron chi connectivity index (χ1n) is 9.32. The number of carbonyl (C=O) groups is 1. The first kappa shape index (κ1) is 17.3. The highest BCUT2D eigenvalue weighted by Crippen LogP contribution is 2.32. The van der Waals surface area contributed by atoms with Gasteiger partial charge in [-0.1, -0.05) is 6.92 Å². The summed E-state index contributed by atoms with van der Waals surface area (Å²) in [5.41, 5.74) is 2.21. The Morgan fingerprint density at radius 3 is 2.77 bits per heavy atom. The number of hydrogen-bond acceptors (Lipinski definition) is 4. The zero-order valence-corrected chi connectivity index (χ0v) is 16.2. The number of thiazole rings is 1. The average molecular weight is 372 g/mol. The summed E-state index contributed by atoms with van der Waals surface area (Å²) in [5.74, 6) is 1.61. The normalized spacial score (nSPS) is 18.2. The molecule has 0 unspecified atom stereocenters. The minimum atomic E-state index is 0.146. The third-order valence-electron chi connectivity index (χ3n) is 5.27. The van der Waals surface area contributed by atoms with Crippen LogP contribution in [0.15, 0.2) is 24.4 Å². The standard InChI is InChI=1S/C20H25N3O2S/c1-14-5-7-22(8-6-14)20(24)23-9-10-25-18-4-3-16(11-17(18)13-23)19-12-21-15(2)26-19/h3-4,11-12,14H,5-10,13H2,1-2H3. The molecule has 138 valence electrons. The molecule has 0 saturated carbocycles. The number of urea groups is 1. The Hall–Kier alpha value is -2.08. The summed E-state index contributed by atoms with van der Waals surface area (Å²) in [6.07, 6.45) is 4.11. The third-order valence-corrected chi connectivity index (χ3v) is 6.23. The van der Waals surface area contributed by atoms with Gasteiger partial charge in [0.2, 0.25) is 0 Å². The number of aromatic nitrogens is 1. The van der Waals surface area contributed by atoms with Gasteiger partial charge < -0.3 is 14.5 Å². The van der Waals surface area contributed by atoms with Crippen LogP contribution in [0, 0.1) is 12.8 Å². The Morgan fingerprint density at radius 2 is 2.04 bits per heavy atom. The maximum atomic E-state index is 13.0. The number of likely N-dealkylation sites (tertiary alicyclic amines) is 1. The van der Waals surface area contributed by atoms with Crippen molar-refractivity contribution in [3.05, 3.63) is 35.0 Å². The highest BCUT2D eigenvalue weighted by atomic mass is 32.1. The number of rotatable bonds is 1. The molecule has 6 heteroatoms. The van der Waals surface area contributed by atoms with E-state index in [1.54, 1.807) is 11.3 Å². The number of nitrogens with zero attached hydrogens (tertiary/aromatic N) is 3. The maximum absolute atomic E-state index is 13.0. The summed E-state index contributed by atoms with van der Waals surface area (Å²) >= 11 is 1.69. The van der Waals surface area contributed by atoms with E-state index in [9.17, 15) is 4.79 Å². The number of benzene rings is 1. The zero-order chi connectivity index (χ0) is 18.1. The first-order valence-corrected chi connectivity index (χ1v) is 10.1. The molecular formula is C20H25N3O2S. The largest absolute Gasteiger partial charge is 0.491 e. The smallest absolute Gasteiger partial charge is 0.320 e. The summed E-state index contributed by atoms with van der Waals surface area (Å²) in [5, 5.41) is 1.06. The molecule has 3 heterocycles. The second-order valence-electron chi connectivity index (χ2n) is 7.29. The van der Waals surface area contributed by atoms with Gasteiger partial charge in [0, 0.05) is 24.8 Å². The molecule has 2 aliphatic rings. The van der Waals surface area contributed by atoms with E-state index in [0.717, 1.165) is 58.6 Å². The van der Waals surface area contributed by atoms with Crippen molar-refractivity contribution in [3.63, 3.8) is 0 Å². The quantitative estimate of drug-likeness (QED) is 0.756. The lowest BCUT2D eigenvalue weighted by atomic mass is 9.99. The fourth-order valence-corrected chi connectivity index (χ4v) is 4.38. The predicted octanol–water partition coefficient (Wildman–Crippen LogP) is 4.16. The van der Waals surface area contributed by atoms with Crippen LogP contribution in [0.4, 0.5) is 4.79 Å². The van der Waals surface area contributed by atoms with Gasteiger partial charge in [0.05, 0.1) is 23.0 Å². The Kier molecular flexibility index (Phi) is 4.85. The molecule has 0 atom stereocenters. The van der Waals surface area contributed by atoms with Gasteiger partial charge in [-0.2, -0.15) is 0 Å². The van der Waals surface area contributed by atoms with Gasteiger partial charge in [-0.3, -0.25) is 0 Å². The third kappa shape index (κ3) is 3.56. The van der Waals surface area contributed by atoms with Gasteiger partial charge >= 0.3 is 6.03 Å². The van der Waals surface area contributed by atoms with Crippen LogP contribution in [0.5, 0.6) is 5.75 Å². The lowest BCUT2D eigenvalue weighted by Crippen LogP contribution is -2.46. The van der Waals surface area contributed by atoms with Crippen molar-refractivity contribution in [2.45, 2.75) is 33.2 Å². The Bertz CT molecular complexity index is 796. The highest BCUT2D eigenvalue weighted by Gasteiger charge is 2.27. The molecule has 1 aromatic heterocycles. The summed E-state index contributed by atoms with van der Waals surface area (Å²) in [6.45, 7) is 7.79. The van der Waals surface area contributed by atoms with E-state index >= 15 is 0 Å². The molecule has 5 nitrogen and oxygen atoms in total. The summed E-state index contributed by atoms with van der Waals surface area (Å²) in [4.78, 5) is 22.4. The van der Waals surface area contributed by atoms with Crippen LogP contribution in [0.1, 0.15) is 30.3 Å². The molecule has 0 radical (unpaired) electrons. The minimum Gasteiger partial charge on any atom is -0.491 e. The molecule has 1 aromatic carbocycles. The van der Waals surface area contributed by atoms with Crippen LogP contribution in [-0.2, 0) is 6.54 Å². The minimum absolute atomic E-state index is 0.146. The zero-order valence-electron chi connectivity index (χ0n) is 15.4. The van der Waals surface area contributed by atoms with Crippen LogP contribution < -0.4 is 4.74 Å². The van der Waals surface area contributed by atoms with Crippen LogP contribution in [0.3, 0.4) is 0 Å². The molecule has 1 saturated heterocycles. The van der Waals surface area contributed by atoms with Crippen molar-refractivity contribution < 1.29 is 9.53 Å². The summed E-state index contributed by atoms with van der Waals surface area (Å²) in [6, 6.07) is 6.39. The van der Waals surface area contributed by atoms with E-state index in [2.05, 4.69) is 24.0 Å². The Morgan fingerprint density at radius 1 is 1.23 bits per heavy atom. The number of carbonyl (C=O) groups excluding carboxylic acids is 1. The summed E-state index contributed by atoms with van der Waals surface area (Å²) < 4.78 is 5.90. The molecule has 0 N–H and O–H groups in total. The van der Waals surface area contributed by atoms with Gasteiger partial charge in [0.15, 0.2) is 0 Å². The van der Waals surface area contributed by atoms with E-state index in [0.29, 0.717) is 19.7 Å². The lowest BCUT2D eigenvalue weighted by molar-refractivity contribution is 0.129. The SMILES string of the molecule is Cc1ncc(-c2ccc3c(c2)CN(C(=O)N2CCC(C)CC2)CCO3)s1. The molecule has 26 heavy (non-hydrogen) atoms. The van der Waals surface area contributed by atoms with Crippen LogP contribution in [0.2, 0.25) is 0 Å². The van der Waals surface area contributed by atoms with Crippen molar-refractivity contribution in [1.82, 2.24) is 14.8 Å². The maximum Gasteiger partial charge on any atom is 0.320 e. The Balaban J connectivity index is 1.54. The second kappa shape index (κ2) is 7.27. The van der Waals surface area contributed by atoms with Gasteiger partial charge in [-0.25, -0.2) is 9.78 Å². The number of amides is 2. The fourth-order valence-electron chi connectivity index (χ4n) is 3.61. The van der Waals surface area contributed by atoms with Crippen LogP contribution in [-0.4, -0.2) is 47.1 Å². The van der Waals surface area contributed by atoms with E-state index in [1.807, 2.05) is 29.0 Å². The van der Waals surface area contributed by atoms with Crippen molar-refractivity contribution in [1.29, 1.82) is 0 Å². The topological polar surface area (TPSA) is 45.7 Å². The van der Waals surface area contributed by atoms with E-state index in [1.165, 1.54) is 0 Å². The number of piperidine rings is 1. The molecule has 2 aromatic rings. The number of aryl methyl sites for hydroxylation is 1. The lowest BCUT2D eigenvalue weighted by Gasteiger charge is -2.34. The first-order chi connectivity index (χ1) is 12.6. The molecule has 0 aliphatic carbocycles. The number of hydrogen-bond donors (Lipinski definition) is 0. The molecule has 2 amide bonds. The molecule has 4 rings (SSSR count). The van der Waals surface area contributed by atoms with Gasteiger partial charge in [-0.15, -0.1) is 11.3 Å². The highest BCUT2D eigenvalue weighted by molar-refractivity contribution is 7.15. The Labute approximate surface area is 158 Å². The predicted molar refractivity (Wildman–Crippen MR) is 104 cm³/mol. The van der Waals surface area contributed by atoms with Crippen molar-refractivity contribution >= 4 is 17.4 Å². The number of fused-ring (bicyclic) bond motifs is 1. The molecule has 0 bridgehead atoms. The van der Waals surface area contributed by atoms with Crippen molar-refractivity contribution in [3.8, 4) is 16.2 Å². The van der Waals surface area contributed by atoms with Crippen LogP contribution in [0.25, 0.3) is 10.4 Å². The molecular weight excluding hydrogens is 346 g/mol. The van der Waals surface area contributed by atoms with E-state index < -0.39 is 0 Å². The number of ether oxygens (including phenoxy) is 1. The molecule has 0 spiro atoms. The van der Waals surface area contributed by atoms with Gasteiger partial charge in [-0.05, 0) is 49.4 Å². The molecule has 2 aliphatic heterocycles. The van der Waals surface area contributed by atoms with Crippen molar-refractivity contribution in [2.24, 2.45) is 5.92 Å². The average Bonchev–Trinajstić information content (AvgIpc) is 2.97. The monoisotopic (exact) mass is 371 g/mol. The second-order valence-corrected chi connectivity index (χ2v) is 8.52. The van der Waals surface area contributed by atoms with Gasteiger partial charge in [0.25, 0.3) is 0 Å². The fraction of sp³-hybridized carbons (Fsp3) is 0.500. The summed E-state index contributed by atoms with van der Waals surface area (Å²) in [7, 11) is 0.